The Morgan fingerprint density at radius 1 is 1.26 bits per heavy atom. The minimum Gasteiger partial charge on any atom is -0.456 e. The van der Waals surface area contributed by atoms with Crippen molar-refractivity contribution in [3.05, 3.63) is 58.5 Å². The number of carbonyl (C=O) groups excluding carboxylic acids is 1. The lowest BCUT2D eigenvalue weighted by Crippen LogP contribution is -2.22. The van der Waals surface area contributed by atoms with Gasteiger partial charge < -0.3 is 14.8 Å². The van der Waals surface area contributed by atoms with Crippen LogP contribution in [0.25, 0.3) is 0 Å². The van der Waals surface area contributed by atoms with E-state index < -0.39 is 0 Å². The van der Waals surface area contributed by atoms with Gasteiger partial charge in [-0.2, -0.15) is 0 Å². The van der Waals surface area contributed by atoms with Gasteiger partial charge in [-0.25, -0.2) is 0 Å². The molecular weight excluding hydrogens is 242 g/mol. The molecule has 0 saturated heterocycles. The summed E-state index contributed by atoms with van der Waals surface area (Å²) in [7, 11) is 0. The number of hydrogen-bond acceptors (Lipinski definition) is 3. The van der Waals surface area contributed by atoms with Gasteiger partial charge in [0.2, 0.25) is 0 Å². The first kappa shape index (κ1) is 13.4. The van der Waals surface area contributed by atoms with Gasteiger partial charge in [-0.05, 0) is 36.6 Å². The number of nitrogens with one attached hydrogen (secondary N) is 1. The van der Waals surface area contributed by atoms with Crippen LogP contribution in [0.15, 0.2) is 34.7 Å². The van der Waals surface area contributed by atoms with E-state index in [0.29, 0.717) is 12.3 Å². The maximum absolute atomic E-state index is 11.9. The van der Waals surface area contributed by atoms with Crippen LogP contribution in [-0.2, 0) is 13.2 Å². The molecule has 1 aromatic heterocycles. The van der Waals surface area contributed by atoms with Crippen LogP contribution in [0.2, 0.25) is 0 Å². The van der Waals surface area contributed by atoms with Crippen molar-refractivity contribution >= 4 is 5.91 Å². The molecule has 0 fully saturated rings. The van der Waals surface area contributed by atoms with Crippen LogP contribution in [0, 0.1) is 13.8 Å². The third-order valence-electron chi connectivity index (χ3n) is 3.12. The van der Waals surface area contributed by atoms with Crippen molar-refractivity contribution in [3.8, 4) is 0 Å². The van der Waals surface area contributed by atoms with E-state index in [2.05, 4.69) is 5.32 Å². The van der Waals surface area contributed by atoms with Crippen LogP contribution >= 0.6 is 0 Å². The number of benzene rings is 1. The van der Waals surface area contributed by atoms with Crippen LogP contribution in [0.4, 0.5) is 0 Å². The molecule has 4 heteroatoms. The topological polar surface area (TPSA) is 62.5 Å². The number of amides is 1. The zero-order chi connectivity index (χ0) is 13.8. The smallest absolute Gasteiger partial charge is 0.287 e. The van der Waals surface area contributed by atoms with Crippen molar-refractivity contribution in [2.45, 2.75) is 27.0 Å². The standard InChI is InChI=1S/C15H17NO3/c1-10-7-14(19-11(10)2)15(18)16-8-12-5-3-4-6-13(12)9-17/h3-7,17H,8-9H2,1-2H3,(H,16,18). The predicted molar refractivity (Wildman–Crippen MR) is 71.7 cm³/mol. The van der Waals surface area contributed by atoms with E-state index in [-0.39, 0.29) is 12.5 Å². The van der Waals surface area contributed by atoms with Gasteiger partial charge in [-0.15, -0.1) is 0 Å². The van der Waals surface area contributed by atoms with Gasteiger partial charge in [0.15, 0.2) is 5.76 Å². The third-order valence-corrected chi connectivity index (χ3v) is 3.12. The SMILES string of the molecule is Cc1cc(C(=O)NCc2ccccc2CO)oc1C. The average molecular weight is 259 g/mol. The minimum atomic E-state index is -0.246. The highest BCUT2D eigenvalue weighted by molar-refractivity contribution is 5.91. The quantitative estimate of drug-likeness (QED) is 0.885. The van der Waals surface area contributed by atoms with Gasteiger partial charge in [0, 0.05) is 6.54 Å². The van der Waals surface area contributed by atoms with Gasteiger partial charge in [-0.3, -0.25) is 4.79 Å². The Kier molecular flexibility index (Phi) is 4.02. The second-order valence-electron chi connectivity index (χ2n) is 4.46. The van der Waals surface area contributed by atoms with Crippen molar-refractivity contribution in [2.75, 3.05) is 0 Å². The van der Waals surface area contributed by atoms with E-state index in [1.807, 2.05) is 38.1 Å². The van der Waals surface area contributed by atoms with E-state index in [9.17, 15) is 9.90 Å². The zero-order valence-electron chi connectivity index (χ0n) is 11.1. The minimum absolute atomic E-state index is 0.0367. The molecule has 0 aliphatic heterocycles. The normalized spacial score (nSPS) is 10.5. The molecule has 1 amide bonds. The number of aliphatic hydroxyl groups is 1. The largest absolute Gasteiger partial charge is 0.456 e. The Morgan fingerprint density at radius 2 is 1.95 bits per heavy atom. The summed E-state index contributed by atoms with van der Waals surface area (Å²) in [5, 5.41) is 12.0. The first-order valence-corrected chi connectivity index (χ1v) is 6.14. The molecule has 0 aliphatic rings. The molecule has 0 radical (unpaired) electrons. The van der Waals surface area contributed by atoms with E-state index in [4.69, 9.17) is 4.42 Å². The van der Waals surface area contributed by atoms with Gasteiger partial charge in [0.1, 0.15) is 5.76 Å². The van der Waals surface area contributed by atoms with Crippen molar-refractivity contribution in [3.63, 3.8) is 0 Å². The van der Waals surface area contributed by atoms with Crippen molar-refractivity contribution in [1.29, 1.82) is 0 Å². The lowest BCUT2D eigenvalue weighted by atomic mass is 10.1. The van der Waals surface area contributed by atoms with Crippen LogP contribution in [0.1, 0.15) is 33.0 Å². The highest BCUT2D eigenvalue weighted by Crippen LogP contribution is 2.13. The molecule has 0 saturated carbocycles. The number of aliphatic hydroxyl groups excluding tert-OH is 1. The molecule has 1 heterocycles. The maximum Gasteiger partial charge on any atom is 0.287 e. The highest BCUT2D eigenvalue weighted by atomic mass is 16.3. The first-order chi connectivity index (χ1) is 9.11. The van der Waals surface area contributed by atoms with Crippen molar-refractivity contribution in [1.82, 2.24) is 5.32 Å². The fraction of sp³-hybridized carbons (Fsp3) is 0.267. The summed E-state index contributed by atoms with van der Waals surface area (Å²) >= 11 is 0. The summed E-state index contributed by atoms with van der Waals surface area (Å²) < 4.78 is 5.36. The fourth-order valence-electron chi connectivity index (χ4n) is 1.83. The predicted octanol–water partition coefficient (Wildman–Crippen LogP) is 2.32. The Morgan fingerprint density at radius 3 is 2.53 bits per heavy atom. The molecule has 4 nitrogen and oxygen atoms in total. The lowest BCUT2D eigenvalue weighted by molar-refractivity contribution is 0.0921. The van der Waals surface area contributed by atoms with Crippen LogP contribution in [0.5, 0.6) is 0 Å². The molecule has 2 rings (SSSR count). The van der Waals surface area contributed by atoms with E-state index in [1.54, 1.807) is 6.07 Å². The van der Waals surface area contributed by atoms with Crippen molar-refractivity contribution < 1.29 is 14.3 Å². The van der Waals surface area contributed by atoms with E-state index >= 15 is 0 Å². The molecule has 0 spiro atoms. The summed E-state index contributed by atoms with van der Waals surface area (Å²) in [5.74, 6) is 0.821. The Balaban J connectivity index is 2.04. The average Bonchev–Trinajstić information content (AvgIpc) is 2.76. The second-order valence-corrected chi connectivity index (χ2v) is 4.46. The second kappa shape index (κ2) is 5.71. The fourth-order valence-corrected chi connectivity index (χ4v) is 1.83. The summed E-state index contributed by atoms with van der Waals surface area (Å²) in [4.78, 5) is 11.9. The molecule has 100 valence electrons. The van der Waals surface area contributed by atoms with E-state index in [0.717, 1.165) is 22.5 Å². The van der Waals surface area contributed by atoms with Crippen molar-refractivity contribution in [2.24, 2.45) is 0 Å². The number of furan rings is 1. The van der Waals surface area contributed by atoms with Crippen LogP contribution in [0.3, 0.4) is 0 Å². The molecular formula is C15H17NO3. The number of aryl methyl sites for hydroxylation is 2. The highest BCUT2D eigenvalue weighted by Gasteiger charge is 2.12. The maximum atomic E-state index is 11.9. The molecule has 0 atom stereocenters. The summed E-state index contributed by atoms with van der Waals surface area (Å²) in [6.45, 7) is 4.06. The molecule has 1 aromatic carbocycles. The summed E-state index contributed by atoms with van der Waals surface area (Å²) in [5.41, 5.74) is 2.67. The number of hydrogen-bond donors (Lipinski definition) is 2. The lowest BCUT2D eigenvalue weighted by Gasteiger charge is -2.07. The molecule has 0 bridgehead atoms. The summed E-state index contributed by atoms with van der Waals surface area (Å²) in [6, 6.07) is 9.17. The van der Waals surface area contributed by atoms with E-state index in [1.165, 1.54) is 0 Å². The number of carbonyl (C=O) groups is 1. The Hall–Kier alpha value is -2.07. The van der Waals surface area contributed by atoms with Crippen LogP contribution < -0.4 is 5.32 Å². The van der Waals surface area contributed by atoms with Crippen LogP contribution in [-0.4, -0.2) is 11.0 Å². The third kappa shape index (κ3) is 3.03. The Labute approximate surface area is 112 Å². The van der Waals surface area contributed by atoms with Gasteiger partial charge >= 0.3 is 0 Å². The summed E-state index contributed by atoms with van der Waals surface area (Å²) in [6.07, 6.45) is 0. The van der Waals surface area contributed by atoms with Gasteiger partial charge in [0.05, 0.1) is 6.61 Å². The first-order valence-electron chi connectivity index (χ1n) is 6.14. The van der Waals surface area contributed by atoms with Gasteiger partial charge in [0.25, 0.3) is 5.91 Å². The Bertz CT molecular complexity index is 567. The molecule has 2 N–H and O–H groups in total. The molecule has 2 aromatic rings. The molecule has 0 aliphatic carbocycles. The zero-order valence-corrected chi connectivity index (χ0v) is 11.1. The monoisotopic (exact) mass is 259 g/mol. The molecule has 19 heavy (non-hydrogen) atoms. The number of rotatable bonds is 4. The molecule has 0 unspecified atom stereocenters. The van der Waals surface area contributed by atoms with Gasteiger partial charge in [-0.1, -0.05) is 24.3 Å².